The highest BCUT2D eigenvalue weighted by Crippen LogP contribution is 2.28. The van der Waals surface area contributed by atoms with Crippen LogP contribution in [-0.2, 0) is 14.8 Å². The molecule has 0 bridgehead atoms. The minimum atomic E-state index is -4.20. The van der Waals surface area contributed by atoms with Crippen LogP contribution in [0.15, 0.2) is 76.6 Å². The smallest absolute Gasteiger partial charge is 0.339 e. The lowest BCUT2D eigenvalue weighted by atomic mass is 10.1. The minimum absolute atomic E-state index is 0.0274. The summed E-state index contributed by atoms with van der Waals surface area (Å²) in [6.07, 6.45) is 0. The summed E-state index contributed by atoms with van der Waals surface area (Å²) in [6, 6.07) is 17.1. The molecule has 0 saturated heterocycles. The first-order valence-electron chi connectivity index (χ1n) is 11.8. The Morgan fingerprint density at radius 3 is 2.44 bits per heavy atom. The lowest BCUT2D eigenvalue weighted by Crippen LogP contribution is -2.22. The number of rotatable bonds is 10. The Kier molecular flexibility index (Phi) is 9.00. The van der Waals surface area contributed by atoms with Gasteiger partial charge in [-0.05, 0) is 67.6 Å². The highest BCUT2D eigenvalue weighted by molar-refractivity contribution is 8.15. The molecule has 0 fully saturated rings. The molecular weight excluding hydrogens is 564 g/mol. The molecule has 39 heavy (non-hydrogen) atoms. The van der Waals surface area contributed by atoms with Crippen molar-refractivity contribution in [2.75, 3.05) is 35.1 Å². The zero-order valence-corrected chi connectivity index (χ0v) is 23.1. The van der Waals surface area contributed by atoms with Crippen molar-refractivity contribution in [1.82, 2.24) is 0 Å². The molecule has 1 aliphatic rings. The molecular formula is C26H25ClN4O6S2. The van der Waals surface area contributed by atoms with E-state index in [1.807, 2.05) is 0 Å². The number of hydrogen-bond donors (Lipinski definition) is 4. The van der Waals surface area contributed by atoms with Gasteiger partial charge in [0.2, 0.25) is 0 Å². The molecule has 1 atom stereocenters. The second kappa shape index (κ2) is 12.4. The molecule has 1 aliphatic heterocycles. The number of sulfonamides is 1. The summed E-state index contributed by atoms with van der Waals surface area (Å²) in [4.78, 5) is 28.1. The van der Waals surface area contributed by atoms with Crippen LogP contribution in [0, 0.1) is 0 Å². The van der Waals surface area contributed by atoms with E-state index in [-0.39, 0.29) is 33.1 Å². The van der Waals surface area contributed by atoms with Crippen LogP contribution in [0.4, 0.5) is 17.1 Å². The number of ether oxygens (including phenoxy) is 1. The molecule has 0 spiro atoms. The van der Waals surface area contributed by atoms with Crippen molar-refractivity contribution in [1.29, 1.82) is 0 Å². The van der Waals surface area contributed by atoms with Crippen molar-refractivity contribution < 1.29 is 27.9 Å². The third-order valence-electron chi connectivity index (χ3n) is 5.51. The Bertz CT molecular complexity index is 1500. The van der Waals surface area contributed by atoms with Crippen molar-refractivity contribution in [3.8, 4) is 0 Å². The normalized spacial score (nSPS) is 14.8. The standard InChI is InChI=1S/C26H25ClN4O6S2/c1-2-37-25(34)16-6-10-18(11-7-16)30-26-29-15-20(38-26)14-28-21-4-3-5-22(23(21)24(32)33)39(35,36)31-19-12-8-17(27)9-13-19/h3-13,20,28,31H,2,14-15H2,1H3,(H,29,30)(H,32,33). The van der Waals surface area contributed by atoms with Gasteiger partial charge in [-0.3, -0.25) is 9.71 Å². The number of aromatic carboxylic acids is 1. The van der Waals surface area contributed by atoms with Crippen molar-refractivity contribution in [2.45, 2.75) is 17.1 Å². The first-order valence-corrected chi connectivity index (χ1v) is 14.5. The van der Waals surface area contributed by atoms with Gasteiger partial charge in [-0.25, -0.2) is 18.0 Å². The molecule has 3 aromatic rings. The second-order valence-corrected chi connectivity index (χ2v) is 11.7. The van der Waals surface area contributed by atoms with Gasteiger partial charge in [0.15, 0.2) is 5.17 Å². The molecule has 0 aliphatic carbocycles. The number of carboxylic acid groups (broad SMARTS) is 1. The van der Waals surface area contributed by atoms with Gasteiger partial charge in [0.05, 0.1) is 24.4 Å². The van der Waals surface area contributed by atoms with Gasteiger partial charge in [-0.15, -0.1) is 0 Å². The predicted molar refractivity (Wildman–Crippen MR) is 154 cm³/mol. The average molecular weight is 589 g/mol. The van der Waals surface area contributed by atoms with Crippen LogP contribution in [-0.4, -0.2) is 55.6 Å². The molecule has 3 aromatic carbocycles. The number of thioether (sulfide) groups is 1. The number of amidine groups is 1. The number of aliphatic imine (C=N–C) groups is 1. The number of esters is 1. The van der Waals surface area contributed by atoms with Gasteiger partial charge >= 0.3 is 11.9 Å². The van der Waals surface area contributed by atoms with E-state index in [0.29, 0.717) is 35.5 Å². The average Bonchev–Trinajstić information content (AvgIpc) is 3.36. The maximum Gasteiger partial charge on any atom is 0.339 e. The molecule has 1 heterocycles. The van der Waals surface area contributed by atoms with Gasteiger partial charge in [0, 0.05) is 28.2 Å². The van der Waals surface area contributed by atoms with Crippen LogP contribution >= 0.6 is 23.4 Å². The lowest BCUT2D eigenvalue weighted by molar-refractivity contribution is 0.0525. The number of benzene rings is 3. The third kappa shape index (κ3) is 7.22. The molecule has 13 heteroatoms. The van der Waals surface area contributed by atoms with Gasteiger partial charge in [0.1, 0.15) is 10.5 Å². The van der Waals surface area contributed by atoms with E-state index in [1.54, 1.807) is 31.2 Å². The number of halogens is 1. The molecule has 0 amide bonds. The van der Waals surface area contributed by atoms with E-state index < -0.39 is 16.0 Å². The predicted octanol–water partition coefficient (Wildman–Crippen LogP) is 5.01. The van der Waals surface area contributed by atoms with E-state index in [9.17, 15) is 23.1 Å². The highest BCUT2D eigenvalue weighted by Gasteiger charge is 2.27. The quantitative estimate of drug-likeness (QED) is 0.240. The van der Waals surface area contributed by atoms with Crippen LogP contribution in [0.5, 0.6) is 0 Å². The Labute approximate surface area is 234 Å². The summed E-state index contributed by atoms with van der Waals surface area (Å²) in [6.45, 7) is 2.86. The lowest BCUT2D eigenvalue weighted by Gasteiger charge is -2.16. The molecule has 0 aromatic heterocycles. The van der Waals surface area contributed by atoms with Gasteiger partial charge in [-0.1, -0.05) is 29.4 Å². The molecule has 0 radical (unpaired) electrons. The summed E-state index contributed by atoms with van der Waals surface area (Å²) < 4.78 is 33.5. The topological polar surface area (TPSA) is 146 Å². The van der Waals surface area contributed by atoms with Crippen molar-refractivity contribution in [3.05, 3.63) is 82.9 Å². The largest absolute Gasteiger partial charge is 0.478 e. The zero-order valence-electron chi connectivity index (χ0n) is 20.7. The number of nitrogens with zero attached hydrogens (tertiary/aromatic N) is 1. The van der Waals surface area contributed by atoms with Gasteiger partial charge in [0.25, 0.3) is 10.0 Å². The molecule has 10 nitrogen and oxygen atoms in total. The monoisotopic (exact) mass is 588 g/mol. The first-order chi connectivity index (χ1) is 18.7. The van der Waals surface area contributed by atoms with Crippen molar-refractivity contribution in [3.63, 3.8) is 0 Å². The highest BCUT2D eigenvalue weighted by atomic mass is 35.5. The number of hydrogen-bond acceptors (Lipinski definition) is 9. The summed E-state index contributed by atoms with van der Waals surface area (Å²) in [5.74, 6) is -1.76. The summed E-state index contributed by atoms with van der Waals surface area (Å²) in [5.41, 5.74) is 1.28. The molecule has 0 saturated carbocycles. The van der Waals surface area contributed by atoms with E-state index in [4.69, 9.17) is 16.3 Å². The zero-order chi connectivity index (χ0) is 28.0. The van der Waals surface area contributed by atoms with E-state index >= 15 is 0 Å². The number of carboxylic acids is 1. The minimum Gasteiger partial charge on any atom is -0.478 e. The fourth-order valence-corrected chi connectivity index (χ4v) is 6.06. The Morgan fingerprint density at radius 2 is 1.77 bits per heavy atom. The number of nitrogens with one attached hydrogen (secondary N) is 3. The third-order valence-corrected chi connectivity index (χ3v) is 8.29. The van der Waals surface area contributed by atoms with Crippen molar-refractivity contribution >= 4 is 67.6 Å². The SMILES string of the molecule is CCOC(=O)c1ccc(NC2=NCC(CNc3cccc(S(=O)(=O)Nc4ccc(Cl)cc4)c3C(=O)O)S2)cc1. The van der Waals surface area contributed by atoms with Crippen LogP contribution in [0.25, 0.3) is 0 Å². The summed E-state index contributed by atoms with van der Waals surface area (Å²) >= 11 is 7.32. The number of carbonyl (C=O) groups is 2. The molecule has 4 N–H and O–H groups in total. The maximum atomic E-state index is 13.0. The van der Waals surface area contributed by atoms with Crippen LogP contribution in [0.2, 0.25) is 5.02 Å². The van der Waals surface area contributed by atoms with Crippen LogP contribution in [0.3, 0.4) is 0 Å². The fraction of sp³-hybridized carbons (Fsp3) is 0.192. The second-order valence-electron chi connectivity index (χ2n) is 8.29. The summed E-state index contributed by atoms with van der Waals surface area (Å²) in [7, 11) is -4.20. The van der Waals surface area contributed by atoms with Crippen molar-refractivity contribution in [2.24, 2.45) is 4.99 Å². The Morgan fingerprint density at radius 1 is 1.08 bits per heavy atom. The first kappa shape index (κ1) is 28.3. The number of carbonyl (C=O) groups excluding carboxylic acids is 1. The van der Waals surface area contributed by atoms with Gasteiger partial charge in [-0.2, -0.15) is 0 Å². The Hall–Kier alpha value is -3.74. The molecule has 204 valence electrons. The molecule has 4 rings (SSSR count). The summed E-state index contributed by atoms with van der Waals surface area (Å²) in [5, 5.41) is 17.2. The van der Waals surface area contributed by atoms with E-state index in [0.717, 1.165) is 5.69 Å². The van der Waals surface area contributed by atoms with Crippen LogP contribution < -0.4 is 15.4 Å². The van der Waals surface area contributed by atoms with Gasteiger partial charge < -0.3 is 20.5 Å². The fourth-order valence-electron chi connectivity index (χ4n) is 3.69. The van der Waals surface area contributed by atoms with E-state index in [1.165, 1.54) is 54.2 Å². The number of anilines is 3. The van der Waals surface area contributed by atoms with E-state index in [2.05, 4.69) is 20.3 Å². The maximum absolute atomic E-state index is 13.0. The molecule has 1 unspecified atom stereocenters. The van der Waals surface area contributed by atoms with Crippen LogP contribution in [0.1, 0.15) is 27.6 Å². The Balaban J connectivity index is 1.39.